The highest BCUT2D eigenvalue weighted by atomic mass is 16.3. The van der Waals surface area contributed by atoms with Gasteiger partial charge >= 0.3 is 0 Å². The van der Waals surface area contributed by atoms with E-state index in [2.05, 4.69) is 5.32 Å². The first-order valence-electron chi connectivity index (χ1n) is 4.83. The van der Waals surface area contributed by atoms with Gasteiger partial charge in [0.25, 0.3) is 0 Å². The molecule has 0 fully saturated rings. The van der Waals surface area contributed by atoms with Crippen molar-refractivity contribution in [1.82, 2.24) is 5.32 Å². The van der Waals surface area contributed by atoms with E-state index in [0.29, 0.717) is 19.4 Å². The maximum atomic E-state index is 11.2. The van der Waals surface area contributed by atoms with Crippen LogP contribution in [0.4, 0.5) is 0 Å². The summed E-state index contributed by atoms with van der Waals surface area (Å²) in [5.41, 5.74) is 5.56. The Morgan fingerprint density at radius 3 is 2.62 bits per heavy atom. The highest BCUT2D eigenvalue weighted by Gasteiger charge is 2.12. The standard InChI is InChI=1S/C9H20N2O2/c1-3-5-8(10)9(13)11-6-7(12)4-2/h7-8,12H,3-6,10H2,1-2H3,(H,11,13)/t7?,8-/m1/s1. The fourth-order valence-corrected chi connectivity index (χ4v) is 0.936. The topological polar surface area (TPSA) is 75.4 Å². The van der Waals surface area contributed by atoms with Gasteiger partial charge in [-0.25, -0.2) is 0 Å². The van der Waals surface area contributed by atoms with E-state index in [-0.39, 0.29) is 5.91 Å². The molecule has 0 aromatic heterocycles. The first-order valence-corrected chi connectivity index (χ1v) is 4.83. The van der Waals surface area contributed by atoms with Crippen LogP contribution in [0.15, 0.2) is 0 Å². The first kappa shape index (κ1) is 12.4. The smallest absolute Gasteiger partial charge is 0.237 e. The number of aliphatic hydroxyl groups is 1. The molecule has 0 saturated heterocycles. The Hall–Kier alpha value is -0.610. The molecule has 0 aliphatic carbocycles. The maximum absolute atomic E-state index is 11.2. The van der Waals surface area contributed by atoms with E-state index in [0.717, 1.165) is 6.42 Å². The number of aliphatic hydroxyl groups excluding tert-OH is 1. The van der Waals surface area contributed by atoms with Crippen molar-refractivity contribution in [3.8, 4) is 0 Å². The van der Waals surface area contributed by atoms with Crippen LogP contribution in [0.5, 0.6) is 0 Å². The van der Waals surface area contributed by atoms with Crippen LogP contribution in [-0.4, -0.2) is 29.7 Å². The third-order valence-corrected chi connectivity index (χ3v) is 1.92. The zero-order chi connectivity index (χ0) is 10.3. The number of carbonyl (C=O) groups excluding carboxylic acids is 1. The molecule has 0 heterocycles. The van der Waals surface area contributed by atoms with E-state index in [1.54, 1.807) is 0 Å². The quantitative estimate of drug-likeness (QED) is 0.549. The predicted molar refractivity (Wildman–Crippen MR) is 52.2 cm³/mol. The van der Waals surface area contributed by atoms with Crippen molar-refractivity contribution in [2.24, 2.45) is 5.73 Å². The number of rotatable bonds is 6. The Morgan fingerprint density at radius 1 is 1.54 bits per heavy atom. The van der Waals surface area contributed by atoms with Crippen LogP contribution in [0.3, 0.4) is 0 Å². The molecule has 0 aromatic carbocycles. The van der Waals surface area contributed by atoms with Crippen molar-refractivity contribution < 1.29 is 9.90 Å². The molecule has 4 heteroatoms. The molecule has 0 radical (unpaired) electrons. The van der Waals surface area contributed by atoms with Crippen LogP contribution in [0.1, 0.15) is 33.1 Å². The molecule has 0 aliphatic rings. The van der Waals surface area contributed by atoms with Gasteiger partial charge < -0.3 is 16.2 Å². The summed E-state index contributed by atoms with van der Waals surface area (Å²) in [6.07, 6.45) is 1.76. The number of amides is 1. The normalized spacial score (nSPS) is 15.1. The molecule has 13 heavy (non-hydrogen) atoms. The fraction of sp³-hybridized carbons (Fsp3) is 0.889. The van der Waals surface area contributed by atoms with Gasteiger partial charge in [0, 0.05) is 6.54 Å². The van der Waals surface area contributed by atoms with Crippen LogP contribution < -0.4 is 11.1 Å². The second-order valence-corrected chi connectivity index (χ2v) is 3.20. The van der Waals surface area contributed by atoms with Gasteiger partial charge in [-0.15, -0.1) is 0 Å². The largest absolute Gasteiger partial charge is 0.391 e. The monoisotopic (exact) mass is 188 g/mol. The number of hydrogen-bond donors (Lipinski definition) is 3. The molecule has 0 spiro atoms. The van der Waals surface area contributed by atoms with Crippen molar-refractivity contribution in [3.63, 3.8) is 0 Å². The number of hydrogen-bond acceptors (Lipinski definition) is 3. The van der Waals surface area contributed by atoms with Gasteiger partial charge in [0.2, 0.25) is 5.91 Å². The van der Waals surface area contributed by atoms with Crippen molar-refractivity contribution >= 4 is 5.91 Å². The van der Waals surface area contributed by atoms with E-state index in [1.165, 1.54) is 0 Å². The second kappa shape index (κ2) is 6.86. The van der Waals surface area contributed by atoms with E-state index in [9.17, 15) is 4.79 Å². The van der Waals surface area contributed by atoms with Crippen LogP contribution in [0, 0.1) is 0 Å². The molecule has 2 atom stereocenters. The summed E-state index contributed by atoms with van der Waals surface area (Å²) in [5, 5.41) is 11.8. The molecular weight excluding hydrogens is 168 g/mol. The van der Waals surface area contributed by atoms with Crippen molar-refractivity contribution in [2.75, 3.05) is 6.54 Å². The molecular formula is C9H20N2O2. The highest BCUT2D eigenvalue weighted by molar-refractivity contribution is 5.81. The van der Waals surface area contributed by atoms with E-state index < -0.39 is 12.1 Å². The molecule has 0 rings (SSSR count). The molecule has 4 nitrogen and oxygen atoms in total. The summed E-state index contributed by atoms with van der Waals surface area (Å²) < 4.78 is 0. The SMILES string of the molecule is CCC[C@@H](N)C(=O)NCC(O)CC. The Bertz CT molecular complexity index is 151. The van der Waals surface area contributed by atoms with Crippen molar-refractivity contribution in [2.45, 2.75) is 45.3 Å². The minimum atomic E-state index is -0.460. The zero-order valence-electron chi connectivity index (χ0n) is 8.42. The third-order valence-electron chi connectivity index (χ3n) is 1.92. The molecule has 1 unspecified atom stereocenters. The Morgan fingerprint density at radius 2 is 2.15 bits per heavy atom. The number of nitrogens with two attached hydrogens (primary N) is 1. The van der Waals surface area contributed by atoms with Gasteiger partial charge in [-0.2, -0.15) is 0 Å². The van der Waals surface area contributed by atoms with Crippen LogP contribution in [0.25, 0.3) is 0 Å². The lowest BCUT2D eigenvalue weighted by atomic mass is 10.1. The number of nitrogens with one attached hydrogen (secondary N) is 1. The summed E-state index contributed by atoms with van der Waals surface area (Å²) in [6, 6.07) is -0.436. The summed E-state index contributed by atoms with van der Waals surface area (Å²) in [6.45, 7) is 4.14. The predicted octanol–water partition coefficient (Wildman–Crippen LogP) is 0.000900. The van der Waals surface area contributed by atoms with Crippen molar-refractivity contribution in [3.05, 3.63) is 0 Å². The first-order chi connectivity index (χ1) is 6.11. The molecule has 0 aromatic rings. The second-order valence-electron chi connectivity index (χ2n) is 3.20. The molecule has 78 valence electrons. The van der Waals surface area contributed by atoms with Crippen LogP contribution >= 0.6 is 0 Å². The van der Waals surface area contributed by atoms with Gasteiger partial charge in [-0.3, -0.25) is 4.79 Å². The molecule has 0 aliphatic heterocycles. The molecule has 0 bridgehead atoms. The zero-order valence-corrected chi connectivity index (χ0v) is 8.42. The highest BCUT2D eigenvalue weighted by Crippen LogP contribution is 1.93. The molecule has 0 saturated carbocycles. The summed E-state index contributed by atoms with van der Waals surface area (Å²) >= 11 is 0. The lowest BCUT2D eigenvalue weighted by Gasteiger charge is -2.13. The van der Waals surface area contributed by atoms with E-state index in [4.69, 9.17) is 10.8 Å². The average molecular weight is 188 g/mol. The summed E-state index contributed by atoms with van der Waals surface area (Å²) in [7, 11) is 0. The Kier molecular flexibility index (Phi) is 6.54. The Balaban J connectivity index is 3.61. The molecule has 4 N–H and O–H groups in total. The summed E-state index contributed by atoms with van der Waals surface area (Å²) in [5.74, 6) is -0.172. The molecule has 1 amide bonds. The fourth-order valence-electron chi connectivity index (χ4n) is 0.936. The lowest BCUT2D eigenvalue weighted by molar-refractivity contribution is -0.122. The number of carbonyl (C=O) groups is 1. The van der Waals surface area contributed by atoms with Gasteiger partial charge in [0.15, 0.2) is 0 Å². The third kappa shape index (κ3) is 5.60. The average Bonchev–Trinajstić information content (AvgIpc) is 2.13. The maximum Gasteiger partial charge on any atom is 0.237 e. The summed E-state index contributed by atoms with van der Waals surface area (Å²) in [4.78, 5) is 11.2. The van der Waals surface area contributed by atoms with Gasteiger partial charge in [-0.05, 0) is 12.8 Å². The minimum Gasteiger partial charge on any atom is -0.391 e. The van der Waals surface area contributed by atoms with E-state index >= 15 is 0 Å². The van der Waals surface area contributed by atoms with Crippen molar-refractivity contribution in [1.29, 1.82) is 0 Å². The van der Waals surface area contributed by atoms with Gasteiger partial charge in [0.1, 0.15) is 0 Å². The van der Waals surface area contributed by atoms with Crippen LogP contribution in [0.2, 0.25) is 0 Å². The van der Waals surface area contributed by atoms with Gasteiger partial charge in [0.05, 0.1) is 12.1 Å². The Labute approximate surface area is 79.5 Å². The van der Waals surface area contributed by atoms with Crippen LogP contribution in [-0.2, 0) is 4.79 Å². The minimum absolute atomic E-state index is 0.172. The van der Waals surface area contributed by atoms with Gasteiger partial charge in [-0.1, -0.05) is 20.3 Å². The van der Waals surface area contributed by atoms with E-state index in [1.807, 2.05) is 13.8 Å². The lowest BCUT2D eigenvalue weighted by Crippen LogP contribution is -2.43.